The molecule has 1 saturated carbocycles. The van der Waals surface area contributed by atoms with Gasteiger partial charge in [0.2, 0.25) is 0 Å². The summed E-state index contributed by atoms with van der Waals surface area (Å²) in [7, 11) is 0. The summed E-state index contributed by atoms with van der Waals surface area (Å²) in [6, 6.07) is 18.3. The van der Waals surface area contributed by atoms with E-state index in [0.29, 0.717) is 48.6 Å². The average Bonchev–Trinajstić information content (AvgIpc) is 3.25. The van der Waals surface area contributed by atoms with Crippen LogP contribution in [0.3, 0.4) is 0 Å². The molecule has 1 aromatic heterocycles. The zero-order valence-electron chi connectivity index (χ0n) is 22.6. The Bertz CT molecular complexity index is 1330. The second-order valence-electron chi connectivity index (χ2n) is 10.5. The zero-order chi connectivity index (χ0) is 27.9. The Morgan fingerprint density at radius 3 is 2.33 bits per heavy atom. The van der Waals surface area contributed by atoms with Crippen LogP contribution in [0.5, 0.6) is 0 Å². The molecule has 2 fully saturated rings. The predicted molar refractivity (Wildman–Crippen MR) is 156 cm³/mol. The fourth-order valence-electron chi connectivity index (χ4n) is 5.40. The number of amides is 3. The summed E-state index contributed by atoms with van der Waals surface area (Å²) in [4.78, 5) is 47.4. The van der Waals surface area contributed by atoms with Crippen LogP contribution in [0, 0.1) is 0 Å². The molecule has 2 aliphatic rings. The van der Waals surface area contributed by atoms with Gasteiger partial charge in [0, 0.05) is 61.8 Å². The summed E-state index contributed by atoms with van der Waals surface area (Å²) in [5.74, 6) is -0.446. The number of anilines is 2. The van der Waals surface area contributed by atoms with Crippen molar-refractivity contribution in [2.75, 3.05) is 36.4 Å². The topological polar surface area (TPSA) is 121 Å². The van der Waals surface area contributed by atoms with E-state index in [2.05, 4.69) is 20.5 Å². The molecule has 4 N–H and O–H groups in total. The highest BCUT2D eigenvalue weighted by atomic mass is 16.2. The van der Waals surface area contributed by atoms with Gasteiger partial charge in [-0.2, -0.15) is 0 Å². The minimum atomic E-state index is -0.246. The Morgan fingerprint density at radius 1 is 0.800 bits per heavy atom. The normalized spacial score (nSPS) is 19.4. The number of nitrogens with one attached hydrogen (secondary N) is 2. The molecule has 5 rings (SSSR count). The van der Waals surface area contributed by atoms with Crippen LogP contribution >= 0.6 is 0 Å². The highest BCUT2D eigenvalue weighted by molar-refractivity contribution is 6.07. The maximum absolute atomic E-state index is 13.2. The van der Waals surface area contributed by atoms with Crippen molar-refractivity contribution in [3.05, 3.63) is 89.7 Å². The molecule has 3 aromatic rings. The van der Waals surface area contributed by atoms with Crippen molar-refractivity contribution in [2.45, 2.75) is 44.2 Å². The molecule has 3 amide bonds. The minimum absolute atomic E-state index is 0.0387. The Labute approximate surface area is 234 Å². The number of rotatable bonds is 6. The number of hydrogen-bond donors (Lipinski definition) is 3. The Balaban J connectivity index is 1.35. The van der Waals surface area contributed by atoms with E-state index in [1.54, 1.807) is 48.8 Å². The van der Waals surface area contributed by atoms with Crippen LogP contribution in [0.2, 0.25) is 0 Å². The Kier molecular flexibility index (Phi) is 8.71. The van der Waals surface area contributed by atoms with Crippen LogP contribution in [-0.4, -0.2) is 65.9 Å². The predicted octanol–water partition coefficient (Wildman–Crippen LogP) is 3.69. The molecule has 0 atom stereocenters. The third kappa shape index (κ3) is 6.66. The van der Waals surface area contributed by atoms with Crippen molar-refractivity contribution in [1.82, 2.24) is 15.2 Å². The molecule has 2 heterocycles. The van der Waals surface area contributed by atoms with Gasteiger partial charge < -0.3 is 26.2 Å². The van der Waals surface area contributed by atoms with Gasteiger partial charge in [0.25, 0.3) is 17.7 Å². The van der Waals surface area contributed by atoms with Crippen molar-refractivity contribution in [2.24, 2.45) is 5.73 Å². The smallest absolute Gasteiger partial charge is 0.255 e. The molecule has 0 radical (unpaired) electrons. The summed E-state index contributed by atoms with van der Waals surface area (Å²) in [6.45, 7) is 2.46. The zero-order valence-corrected chi connectivity index (χ0v) is 22.6. The number of aromatic nitrogens is 1. The molecular weight excluding hydrogens is 504 g/mol. The van der Waals surface area contributed by atoms with Crippen LogP contribution in [0.25, 0.3) is 0 Å². The van der Waals surface area contributed by atoms with E-state index in [9.17, 15) is 14.4 Å². The van der Waals surface area contributed by atoms with E-state index < -0.39 is 0 Å². The molecule has 1 aliphatic carbocycles. The molecule has 0 bridgehead atoms. The highest BCUT2D eigenvalue weighted by Crippen LogP contribution is 2.30. The Hall–Kier alpha value is -4.24. The van der Waals surface area contributed by atoms with E-state index in [-0.39, 0.29) is 29.8 Å². The minimum Gasteiger partial charge on any atom is -0.368 e. The van der Waals surface area contributed by atoms with E-state index in [1.165, 1.54) is 0 Å². The second kappa shape index (κ2) is 12.7. The number of hydrogen-bond acceptors (Lipinski definition) is 6. The Morgan fingerprint density at radius 2 is 1.57 bits per heavy atom. The summed E-state index contributed by atoms with van der Waals surface area (Å²) in [6.07, 6.45) is 7.54. The van der Waals surface area contributed by atoms with E-state index in [0.717, 1.165) is 37.8 Å². The first-order chi connectivity index (χ1) is 19.5. The number of nitrogens with zero attached hydrogens (tertiary/aromatic N) is 3. The lowest BCUT2D eigenvalue weighted by molar-refractivity contribution is 0.0766. The number of carbonyl (C=O) groups is 3. The molecule has 208 valence electrons. The quantitative estimate of drug-likeness (QED) is 0.439. The van der Waals surface area contributed by atoms with Gasteiger partial charge in [0.1, 0.15) is 0 Å². The van der Waals surface area contributed by atoms with Gasteiger partial charge in [0.15, 0.2) is 0 Å². The monoisotopic (exact) mass is 540 g/mol. The third-order valence-corrected chi connectivity index (χ3v) is 7.68. The third-order valence-electron chi connectivity index (χ3n) is 7.68. The standard InChI is InChI=1S/C31H36N6O3/c32-25-10-12-26(13-11-25)34-30(39)23-9-14-28(27(20-23)35-29(38)22-6-2-1-3-7-22)36-16-5-17-37(19-18-36)31(40)24-8-4-15-33-21-24/h1-4,6-9,14-15,20-21,25-26H,5,10-13,16-19,32H2,(H,34,39)(H,35,38). The fraction of sp³-hybridized carbons (Fsp3) is 0.355. The first-order valence-electron chi connectivity index (χ1n) is 14.0. The summed E-state index contributed by atoms with van der Waals surface area (Å²) in [5.41, 5.74) is 9.01. The fourth-order valence-corrected chi connectivity index (χ4v) is 5.40. The van der Waals surface area contributed by atoms with Gasteiger partial charge in [-0.15, -0.1) is 0 Å². The summed E-state index contributed by atoms with van der Waals surface area (Å²) in [5, 5.41) is 6.18. The summed E-state index contributed by atoms with van der Waals surface area (Å²) >= 11 is 0. The molecule has 2 aromatic carbocycles. The number of nitrogens with two attached hydrogens (primary N) is 1. The number of benzene rings is 2. The molecule has 1 aliphatic heterocycles. The first kappa shape index (κ1) is 27.3. The molecule has 0 unspecified atom stereocenters. The van der Waals surface area contributed by atoms with E-state index in [4.69, 9.17) is 5.73 Å². The lowest BCUT2D eigenvalue weighted by Crippen LogP contribution is -2.40. The molecule has 1 saturated heterocycles. The molecular formula is C31H36N6O3. The molecule has 9 heteroatoms. The van der Waals surface area contributed by atoms with Gasteiger partial charge in [-0.1, -0.05) is 18.2 Å². The van der Waals surface area contributed by atoms with Gasteiger partial charge >= 0.3 is 0 Å². The largest absolute Gasteiger partial charge is 0.368 e. The van der Waals surface area contributed by atoms with Crippen LogP contribution in [0.1, 0.15) is 63.2 Å². The second-order valence-corrected chi connectivity index (χ2v) is 10.5. The van der Waals surface area contributed by atoms with Crippen molar-refractivity contribution in [3.8, 4) is 0 Å². The van der Waals surface area contributed by atoms with Crippen LogP contribution < -0.4 is 21.3 Å². The van der Waals surface area contributed by atoms with Gasteiger partial charge in [-0.05, 0) is 74.6 Å². The highest BCUT2D eigenvalue weighted by Gasteiger charge is 2.24. The van der Waals surface area contributed by atoms with Crippen molar-refractivity contribution in [3.63, 3.8) is 0 Å². The van der Waals surface area contributed by atoms with Crippen molar-refractivity contribution < 1.29 is 14.4 Å². The number of pyridine rings is 1. The SMILES string of the molecule is NC1CCC(NC(=O)c2ccc(N3CCCN(C(=O)c4cccnc4)CC3)c(NC(=O)c3ccccc3)c2)CC1. The van der Waals surface area contributed by atoms with E-state index in [1.807, 2.05) is 29.2 Å². The maximum atomic E-state index is 13.2. The number of carbonyl (C=O) groups excluding carboxylic acids is 3. The van der Waals surface area contributed by atoms with Crippen LogP contribution in [-0.2, 0) is 0 Å². The summed E-state index contributed by atoms with van der Waals surface area (Å²) < 4.78 is 0. The lowest BCUT2D eigenvalue weighted by Gasteiger charge is -2.28. The first-order valence-corrected chi connectivity index (χ1v) is 14.0. The molecule has 0 spiro atoms. The van der Waals surface area contributed by atoms with Gasteiger partial charge in [0.05, 0.1) is 16.9 Å². The van der Waals surface area contributed by atoms with Crippen LogP contribution in [0.4, 0.5) is 11.4 Å². The van der Waals surface area contributed by atoms with Gasteiger partial charge in [-0.25, -0.2) is 0 Å². The van der Waals surface area contributed by atoms with Gasteiger partial charge in [-0.3, -0.25) is 19.4 Å². The molecule has 40 heavy (non-hydrogen) atoms. The lowest BCUT2D eigenvalue weighted by atomic mass is 9.91. The molecule has 9 nitrogen and oxygen atoms in total. The average molecular weight is 541 g/mol. The van der Waals surface area contributed by atoms with Crippen molar-refractivity contribution >= 4 is 29.1 Å². The van der Waals surface area contributed by atoms with Crippen molar-refractivity contribution in [1.29, 1.82) is 0 Å². The van der Waals surface area contributed by atoms with E-state index >= 15 is 0 Å². The van der Waals surface area contributed by atoms with Crippen LogP contribution in [0.15, 0.2) is 73.1 Å². The maximum Gasteiger partial charge on any atom is 0.255 e.